The molecule has 0 saturated heterocycles. The van der Waals surface area contributed by atoms with E-state index >= 15 is 0 Å². The number of aryl methyl sites for hydroxylation is 1. The van der Waals surface area contributed by atoms with Crippen LogP contribution in [-0.2, 0) is 21.4 Å². The molecule has 35 heavy (non-hydrogen) atoms. The summed E-state index contributed by atoms with van der Waals surface area (Å²) in [6, 6.07) is 18.4. The highest BCUT2D eigenvalue weighted by atomic mass is 35.5. The van der Waals surface area contributed by atoms with Gasteiger partial charge < -0.3 is 14.8 Å². The van der Waals surface area contributed by atoms with Crippen LogP contribution in [-0.4, -0.2) is 34.1 Å². The molecule has 0 radical (unpaired) electrons. The Hall–Kier alpha value is -3.23. The fraction of sp³-hybridized carbons (Fsp3) is 0.269. The van der Waals surface area contributed by atoms with Gasteiger partial charge in [-0.25, -0.2) is 8.42 Å². The van der Waals surface area contributed by atoms with E-state index in [1.165, 1.54) is 12.1 Å². The quantitative estimate of drug-likeness (QED) is 0.389. The molecule has 0 atom stereocenters. The number of benzene rings is 3. The van der Waals surface area contributed by atoms with Crippen molar-refractivity contribution in [1.82, 2.24) is 5.32 Å². The van der Waals surface area contributed by atoms with Gasteiger partial charge in [0.25, 0.3) is 10.0 Å². The third-order valence-corrected chi connectivity index (χ3v) is 7.21. The molecule has 0 aliphatic rings. The minimum absolute atomic E-state index is 0.0729. The third-order valence-electron chi connectivity index (χ3n) is 5.11. The van der Waals surface area contributed by atoms with Gasteiger partial charge in [0.2, 0.25) is 5.91 Å². The number of para-hydroxylation sites is 1. The maximum absolute atomic E-state index is 13.5. The highest BCUT2D eigenvalue weighted by molar-refractivity contribution is 7.92. The Balaban J connectivity index is 1.82. The number of ether oxygens (including phenoxy) is 2. The van der Waals surface area contributed by atoms with Crippen molar-refractivity contribution in [2.24, 2.45) is 0 Å². The second-order valence-electron chi connectivity index (χ2n) is 7.70. The highest BCUT2D eigenvalue weighted by Gasteiger charge is 2.28. The number of anilines is 1. The number of nitrogens with zero attached hydrogens (tertiary/aromatic N) is 1. The van der Waals surface area contributed by atoms with Gasteiger partial charge >= 0.3 is 0 Å². The van der Waals surface area contributed by atoms with Crippen LogP contribution in [0.2, 0.25) is 5.02 Å². The molecule has 0 aliphatic heterocycles. The Morgan fingerprint density at radius 2 is 1.60 bits per heavy atom. The topological polar surface area (TPSA) is 84.9 Å². The predicted octanol–water partition coefficient (Wildman–Crippen LogP) is 4.96. The Bertz CT molecular complexity index is 1260. The van der Waals surface area contributed by atoms with Crippen LogP contribution < -0.4 is 19.1 Å². The van der Waals surface area contributed by atoms with E-state index in [-0.39, 0.29) is 22.2 Å². The van der Waals surface area contributed by atoms with Crippen molar-refractivity contribution in [2.45, 2.75) is 32.2 Å². The van der Waals surface area contributed by atoms with Crippen LogP contribution in [0.5, 0.6) is 11.5 Å². The smallest absolute Gasteiger partial charge is 0.264 e. The summed E-state index contributed by atoms with van der Waals surface area (Å²) in [6.45, 7) is 6.36. The number of halogens is 1. The molecule has 0 bridgehead atoms. The van der Waals surface area contributed by atoms with Gasteiger partial charge in [0.15, 0.2) is 11.5 Å². The minimum Gasteiger partial charge on any atom is -0.490 e. The fourth-order valence-electron chi connectivity index (χ4n) is 3.38. The van der Waals surface area contributed by atoms with Crippen molar-refractivity contribution in [3.63, 3.8) is 0 Å². The standard InChI is InChI=1S/C26H29ClN2O5S/c1-4-33-24-15-12-20(16-25(24)34-5-2)17-28-26(30)18-29(23-9-7-6-8-22(23)27)35(31,32)21-13-10-19(3)11-14-21/h6-16H,4-5,17-18H2,1-3H3,(H,28,30). The lowest BCUT2D eigenvalue weighted by atomic mass is 10.2. The number of rotatable bonds is 11. The zero-order valence-electron chi connectivity index (χ0n) is 20.0. The lowest BCUT2D eigenvalue weighted by molar-refractivity contribution is -0.119. The number of hydrogen-bond acceptors (Lipinski definition) is 5. The third kappa shape index (κ3) is 6.68. The summed E-state index contributed by atoms with van der Waals surface area (Å²) < 4.78 is 39.2. The fourth-order valence-corrected chi connectivity index (χ4v) is 5.11. The molecule has 1 N–H and O–H groups in total. The Morgan fingerprint density at radius 1 is 0.943 bits per heavy atom. The molecule has 0 aliphatic carbocycles. The van der Waals surface area contributed by atoms with Gasteiger partial charge in [0, 0.05) is 6.54 Å². The van der Waals surface area contributed by atoms with E-state index in [0.717, 1.165) is 15.4 Å². The molecule has 1 amide bonds. The first-order valence-corrected chi connectivity index (χ1v) is 13.1. The van der Waals surface area contributed by atoms with Crippen LogP contribution in [0, 0.1) is 6.92 Å². The number of carbonyl (C=O) groups is 1. The van der Waals surface area contributed by atoms with Crippen molar-refractivity contribution in [1.29, 1.82) is 0 Å². The molecule has 3 aromatic carbocycles. The number of nitrogens with one attached hydrogen (secondary N) is 1. The van der Waals surface area contributed by atoms with Crippen LogP contribution in [0.3, 0.4) is 0 Å². The van der Waals surface area contributed by atoms with E-state index in [1.807, 2.05) is 26.8 Å². The SMILES string of the molecule is CCOc1ccc(CNC(=O)CN(c2ccccc2Cl)S(=O)(=O)c2ccc(C)cc2)cc1OCC. The van der Waals surface area contributed by atoms with Gasteiger partial charge in [-0.15, -0.1) is 0 Å². The summed E-state index contributed by atoms with van der Waals surface area (Å²) in [5.74, 6) is 0.728. The molecular weight excluding hydrogens is 488 g/mol. The summed E-state index contributed by atoms with van der Waals surface area (Å²) in [7, 11) is -4.05. The second-order valence-corrected chi connectivity index (χ2v) is 9.97. The van der Waals surface area contributed by atoms with E-state index in [2.05, 4.69) is 5.32 Å². The lowest BCUT2D eigenvalue weighted by Gasteiger charge is -2.25. The summed E-state index contributed by atoms with van der Waals surface area (Å²) >= 11 is 6.32. The molecule has 9 heteroatoms. The predicted molar refractivity (Wildman–Crippen MR) is 138 cm³/mol. The van der Waals surface area contributed by atoms with Crippen LogP contribution in [0.15, 0.2) is 71.6 Å². The first-order valence-electron chi connectivity index (χ1n) is 11.3. The molecule has 0 aromatic heterocycles. The van der Waals surface area contributed by atoms with Gasteiger partial charge in [0.1, 0.15) is 6.54 Å². The summed E-state index contributed by atoms with van der Waals surface area (Å²) in [5, 5.41) is 3.01. The maximum atomic E-state index is 13.5. The van der Waals surface area contributed by atoms with Crippen molar-refractivity contribution in [3.8, 4) is 11.5 Å². The monoisotopic (exact) mass is 516 g/mol. The van der Waals surface area contributed by atoms with E-state index in [9.17, 15) is 13.2 Å². The van der Waals surface area contributed by atoms with Crippen molar-refractivity contribution in [3.05, 3.63) is 82.9 Å². The number of carbonyl (C=O) groups excluding carboxylic acids is 1. The largest absolute Gasteiger partial charge is 0.490 e. The van der Waals surface area contributed by atoms with E-state index in [1.54, 1.807) is 48.5 Å². The number of amides is 1. The van der Waals surface area contributed by atoms with Gasteiger partial charge in [-0.1, -0.05) is 47.5 Å². The molecule has 3 rings (SSSR count). The molecule has 0 heterocycles. The molecule has 0 fully saturated rings. The normalized spacial score (nSPS) is 11.1. The number of sulfonamides is 1. The zero-order chi connectivity index (χ0) is 25.4. The average molecular weight is 517 g/mol. The molecule has 186 valence electrons. The second kappa shape index (κ2) is 12.0. The Labute approximate surface area is 211 Å². The van der Waals surface area contributed by atoms with Gasteiger partial charge in [0.05, 0.1) is 28.8 Å². The highest BCUT2D eigenvalue weighted by Crippen LogP contribution is 2.31. The van der Waals surface area contributed by atoms with Gasteiger partial charge in [-0.2, -0.15) is 0 Å². The Morgan fingerprint density at radius 3 is 2.26 bits per heavy atom. The van der Waals surface area contributed by atoms with E-state index in [4.69, 9.17) is 21.1 Å². The number of hydrogen-bond donors (Lipinski definition) is 1. The van der Waals surface area contributed by atoms with Crippen LogP contribution >= 0.6 is 11.6 Å². The molecule has 0 spiro atoms. The summed E-state index contributed by atoms with van der Waals surface area (Å²) in [4.78, 5) is 13.0. The molecular formula is C26H29ClN2O5S. The molecule has 0 saturated carbocycles. The van der Waals surface area contributed by atoms with Crippen molar-refractivity contribution in [2.75, 3.05) is 24.1 Å². The van der Waals surface area contributed by atoms with Crippen molar-refractivity contribution >= 4 is 33.2 Å². The summed E-state index contributed by atoms with van der Waals surface area (Å²) in [5.41, 5.74) is 1.94. The zero-order valence-corrected chi connectivity index (χ0v) is 21.5. The van der Waals surface area contributed by atoms with Gasteiger partial charge in [-0.3, -0.25) is 9.10 Å². The molecule has 3 aromatic rings. The van der Waals surface area contributed by atoms with Crippen molar-refractivity contribution < 1.29 is 22.7 Å². The molecule has 0 unspecified atom stereocenters. The Kier molecular flexibility index (Phi) is 9.01. The maximum Gasteiger partial charge on any atom is 0.264 e. The van der Waals surface area contributed by atoms with E-state index < -0.39 is 22.5 Å². The summed E-state index contributed by atoms with van der Waals surface area (Å²) in [6.07, 6.45) is 0. The molecule has 7 nitrogen and oxygen atoms in total. The van der Waals surface area contributed by atoms with Crippen LogP contribution in [0.1, 0.15) is 25.0 Å². The average Bonchev–Trinajstić information content (AvgIpc) is 2.83. The minimum atomic E-state index is -4.05. The first-order chi connectivity index (χ1) is 16.8. The van der Waals surface area contributed by atoms with Crippen LogP contribution in [0.4, 0.5) is 5.69 Å². The first kappa shape index (κ1) is 26.4. The van der Waals surface area contributed by atoms with Crippen LogP contribution in [0.25, 0.3) is 0 Å². The van der Waals surface area contributed by atoms with E-state index in [0.29, 0.717) is 24.7 Å². The lowest BCUT2D eigenvalue weighted by Crippen LogP contribution is -2.40. The van der Waals surface area contributed by atoms with Gasteiger partial charge in [-0.05, 0) is 62.7 Å².